The van der Waals surface area contributed by atoms with Crippen molar-refractivity contribution in [3.8, 4) is 0 Å². The number of methoxy groups -OCH3 is 1. The maximum absolute atomic E-state index is 11.7. The van der Waals surface area contributed by atoms with Crippen molar-refractivity contribution in [1.29, 1.82) is 0 Å². The molecule has 136 valence electrons. The molecule has 4 rings (SSSR count). The molecule has 25 heavy (non-hydrogen) atoms. The lowest BCUT2D eigenvalue weighted by Crippen LogP contribution is -2.40. The van der Waals surface area contributed by atoms with Crippen molar-refractivity contribution in [1.82, 2.24) is 19.5 Å². The largest absolute Gasteiger partial charge is 0.472 e. The number of fused-ring (bicyclic) bond motifs is 2. The number of imidazole rings is 1. The van der Waals surface area contributed by atoms with Crippen LogP contribution in [0.4, 0.5) is 11.8 Å². The molecule has 2 aromatic heterocycles. The van der Waals surface area contributed by atoms with E-state index in [1.807, 2.05) is 0 Å². The van der Waals surface area contributed by atoms with Crippen LogP contribution in [0.15, 0.2) is 6.33 Å². The highest BCUT2D eigenvalue weighted by Gasteiger charge is 2.53. The van der Waals surface area contributed by atoms with Crippen molar-refractivity contribution in [3.63, 3.8) is 0 Å². The first kappa shape index (κ1) is 16.6. The zero-order chi connectivity index (χ0) is 17.8. The van der Waals surface area contributed by atoms with E-state index in [-0.39, 0.29) is 12.4 Å². The van der Waals surface area contributed by atoms with Crippen LogP contribution in [0.5, 0.6) is 0 Å². The summed E-state index contributed by atoms with van der Waals surface area (Å²) in [6.45, 7) is -0.0830. The summed E-state index contributed by atoms with van der Waals surface area (Å²) in [6.07, 6.45) is -1.18. The van der Waals surface area contributed by atoms with E-state index < -0.39 is 32.4 Å². The third kappa shape index (κ3) is 2.67. The summed E-state index contributed by atoms with van der Waals surface area (Å²) in [5.41, 5.74) is 6.77. The number of nitrogens with zero attached hydrogens (tertiary/aromatic N) is 4. The second-order valence-electron chi connectivity index (χ2n) is 5.61. The van der Waals surface area contributed by atoms with E-state index in [0.29, 0.717) is 17.1 Å². The predicted molar refractivity (Wildman–Crippen MR) is 84.6 cm³/mol. The first-order valence-electron chi connectivity index (χ1n) is 7.45. The number of ether oxygens (including phenoxy) is 2. The molecule has 0 aromatic carbocycles. The summed E-state index contributed by atoms with van der Waals surface area (Å²) in [5.74, 6) is 0.549. The van der Waals surface area contributed by atoms with Crippen molar-refractivity contribution >= 4 is 30.8 Å². The fourth-order valence-electron chi connectivity index (χ4n) is 3.03. The number of nitrogens with two attached hydrogens (primary N) is 1. The Bertz CT molecular complexity index is 860. The molecule has 13 heteroatoms. The molecule has 0 radical (unpaired) electrons. The van der Waals surface area contributed by atoms with Crippen molar-refractivity contribution in [2.24, 2.45) is 0 Å². The monoisotopic (exact) mass is 372 g/mol. The summed E-state index contributed by atoms with van der Waals surface area (Å²) < 4.78 is 34.7. The quantitative estimate of drug-likeness (QED) is 0.617. The topological polar surface area (TPSA) is 156 Å². The molecule has 12 nitrogen and oxygen atoms in total. The van der Waals surface area contributed by atoms with E-state index in [1.165, 1.54) is 13.4 Å². The van der Waals surface area contributed by atoms with Crippen LogP contribution >= 0.6 is 7.82 Å². The van der Waals surface area contributed by atoms with Gasteiger partial charge in [0.1, 0.15) is 23.8 Å². The SMILES string of the molecule is CNc1nc(N)c2ncn(C3OC4COP(=O)(O)OC4C3OC)c2n1. The standard InChI is InChI=1S/C12H17N6O6P/c1-14-12-16-9(13)6-10(17-12)18(4-15-6)11-8(21-2)7-5(23-11)3-22-25(19,20)24-7/h4-5,7-8,11H,3H2,1-2H3,(H,19,20)(H3,13,14,16,17). The minimum Gasteiger partial charge on any atom is -0.382 e. The van der Waals surface area contributed by atoms with Gasteiger partial charge in [0, 0.05) is 14.2 Å². The van der Waals surface area contributed by atoms with Gasteiger partial charge in [0.25, 0.3) is 0 Å². The number of anilines is 2. The number of hydrogen-bond donors (Lipinski definition) is 3. The summed E-state index contributed by atoms with van der Waals surface area (Å²) in [4.78, 5) is 22.2. The Morgan fingerprint density at radius 2 is 2.32 bits per heavy atom. The van der Waals surface area contributed by atoms with Crippen LogP contribution < -0.4 is 11.1 Å². The van der Waals surface area contributed by atoms with Gasteiger partial charge in [-0.15, -0.1) is 0 Å². The average molecular weight is 372 g/mol. The van der Waals surface area contributed by atoms with E-state index in [2.05, 4.69) is 20.3 Å². The molecule has 0 aliphatic carbocycles. The molecule has 4 heterocycles. The minimum atomic E-state index is -4.12. The summed E-state index contributed by atoms with van der Waals surface area (Å²) in [5, 5.41) is 2.82. The van der Waals surface area contributed by atoms with Crippen LogP contribution in [-0.4, -0.2) is 63.5 Å². The predicted octanol–water partition coefficient (Wildman–Crippen LogP) is -0.122. The number of nitrogen functional groups attached to an aromatic ring is 1. The number of rotatable bonds is 3. The van der Waals surface area contributed by atoms with Crippen LogP contribution in [0.1, 0.15) is 6.23 Å². The van der Waals surface area contributed by atoms with E-state index in [1.54, 1.807) is 11.6 Å². The van der Waals surface area contributed by atoms with Crippen molar-refractivity contribution < 1.29 is 28.0 Å². The number of phosphoric ester groups is 1. The molecule has 0 amide bonds. The third-order valence-electron chi connectivity index (χ3n) is 4.16. The maximum Gasteiger partial charge on any atom is 0.472 e. The van der Waals surface area contributed by atoms with E-state index >= 15 is 0 Å². The van der Waals surface area contributed by atoms with Crippen molar-refractivity contribution in [2.75, 3.05) is 31.8 Å². The first-order valence-corrected chi connectivity index (χ1v) is 8.95. The van der Waals surface area contributed by atoms with Gasteiger partial charge in [-0.25, -0.2) is 9.55 Å². The average Bonchev–Trinajstić information content (AvgIpc) is 3.14. The molecule has 0 bridgehead atoms. The number of hydrogen-bond acceptors (Lipinski definition) is 10. The van der Waals surface area contributed by atoms with Gasteiger partial charge >= 0.3 is 7.82 Å². The van der Waals surface area contributed by atoms with E-state index in [9.17, 15) is 9.46 Å². The fraction of sp³-hybridized carbons (Fsp3) is 0.583. The highest BCUT2D eigenvalue weighted by Crippen LogP contribution is 2.53. The van der Waals surface area contributed by atoms with Crippen LogP contribution in [0.3, 0.4) is 0 Å². The highest BCUT2D eigenvalue weighted by atomic mass is 31.2. The molecule has 4 N–H and O–H groups in total. The van der Waals surface area contributed by atoms with Gasteiger partial charge in [0.15, 0.2) is 17.7 Å². The van der Waals surface area contributed by atoms with Gasteiger partial charge < -0.3 is 25.4 Å². The van der Waals surface area contributed by atoms with Crippen molar-refractivity contribution in [3.05, 3.63) is 6.33 Å². The third-order valence-corrected chi connectivity index (χ3v) is 5.15. The maximum atomic E-state index is 11.7. The van der Waals surface area contributed by atoms with E-state index in [0.717, 1.165) is 0 Å². The molecule has 2 aliphatic rings. The lowest BCUT2D eigenvalue weighted by Gasteiger charge is -2.29. The molecule has 0 saturated carbocycles. The lowest BCUT2D eigenvalue weighted by molar-refractivity contribution is -0.0667. The zero-order valence-electron chi connectivity index (χ0n) is 13.4. The summed E-state index contributed by atoms with van der Waals surface area (Å²) in [7, 11) is -0.985. The molecule has 2 fully saturated rings. The highest BCUT2D eigenvalue weighted by molar-refractivity contribution is 7.47. The van der Waals surface area contributed by atoms with Gasteiger partial charge in [0.2, 0.25) is 5.95 Å². The van der Waals surface area contributed by atoms with Gasteiger partial charge in [-0.1, -0.05) is 0 Å². The fourth-order valence-corrected chi connectivity index (χ4v) is 3.99. The Labute approximate surface area is 141 Å². The van der Waals surface area contributed by atoms with Gasteiger partial charge in [-0.05, 0) is 0 Å². The molecular formula is C12H17N6O6P. The van der Waals surface area contributed by atoms with Crippen LogP contribution in [0, 0.1) is 0 Å². The summed E-state index contributed by atoms with van der Waals surface area (Å²) in [6, 6.07) is 0. The normalized spacial score (nSPS) is 35.0. The lowest BCUT2D eigenvalue weighted by atomic mass is 10.1. The molecule has 0 spiro atoms. The second-order valence-corrected chi connectivity index (χ2v) is 7.01. The smallest absolute Gasteiger partial charge is 0.382 e. The molecule has 2 aliphatic heterocycles. The van der Waals surface area contributed by atoms with Crippen molar-refractivity contribution in [2.45, 2.75) is 24.5 Å². The Balaban J connectivity index is 1.76. The van der Waals surface area contributed by atoms with Crippen LogP contribution in [0.25, 0.3) is 11.2 Å². The Morgan fingerprint density at radius 3 is 3.04 bits per heavy atom. The first-order chi connectivity index (χ1) is 11.9. The molecular weight excluding hydrogens is 355 g/mol. The number of phosphoric acid groups is 1. The molecule has 2 saturated heterocycles. The van der Waals surface area contributed by atoms with Gasteiger partial charge in [0.05, 0.1) is 12.9 Å². The Kier molecular flexibility index (Phi) is 3.90. The van der Waals surface area contributed by atoms with Crippen LogP contribution in [0.2, 0.25) is 0 Å². The summed E-state index contributed by atoms with van der Waals surface area (Å²) >= 11 is 0. The minimum absolute atomic E-state index is 0.0830. The van der Waals surface area contributed by atoms with Crippen LogP contribution in [-0.2, 0) is 23.1 Å². The van der Waals surface area contributed by atoms with E-state index in [4.69, 9.17) is 24.3 Å². The number of nitrogens with one attached hydrogen (secondary N) is 1. The molecule has 2 aromatic rings. The Hall–Kier alpha value is -1.82. The number of aromatic nitrogens is 4. The molecule has 5 atom stereocenters. The molecule has 5 unspecified atom stereocenters. The van der Waals surface area contributed by atoms with Gasteiger partial charge in [-0.3, -0.25) is 13.6 Å². The Morgan fingerprint density at radius 1 is 1.52 bits per heavy atom. The van der Waals surface area contributed by atoms with Gasteiger partial charge in [-0.2, -0.15) is 9.97 Å². The second kappa shape index (κ2) is 5.87. The zero-order valence-corrected chi connectivity index (χ0v) is 14.3.